The van der Waals surface area contributed by atoms with E-state index >= 15 is 0 Å². The summed E-state index contributed by atoms with van der Waals surface area (Å²) in [5.41, 5.74) is 2.79. The van der Waals surface area contributed by atoms with Crippen LogP contribution in [0.4, 0.5) is 0 Å². The molecule has 98 valence electrons. The highest BCUT2D eigenvalue weighted by Crippen LogP contribution is 2.15. The molecule has 0 bridgehead atoms. The van der Waals surface area contributed by atoms with Gasteiger partial charge in [0, 0.05) is 0 Å². The number of allylic oxidation sites excluding steroid dienone is 3. The van der Waals surface area contributed by atoms with Crippen LogP contribution in [0.1, 0.15) is 26.7 Å². The summed E-state index contributed by atoms with van der Waals surface area (Å²) in [6, 6.07) is 12.2. The van der Waals surface area contributed by atoms with Gasteiger partial charge in [-0.1, -0.05) is 65.8 Å². The summed E-state index contributed by atoms with van der Waals surface area (Å²) in [6.07, 6.45) is 4.73. The summed E-state index contributed by atoms with van der Waals surface area (Å²) in [4.78, 5) is 0. The summed E-state index contributed by atoms with van der Waals surface area (Å²) < 4.78 is 0. The average molecular weight is 258 g/mol. The van der Waals surface area contributed by atoms with Crippen LogP contribution in [-0.2, 0) is 0 Å². The van der Waals surface area contributed by atoms with E-state index in [0.717, 1.165) is 12.8 Å². The third-order valence-corrected chi connectivity index (χ3v) is 6.58. The van der Waals surface area contributed by atoms with Crippen LogP contribution in [0.15, 0.2) is 54.1 Å². The number of rotatable bonds is 6. The van der Waals surface area contributed by atoms with Gasteiger partial charge in [0.05, 0.1) is 8.07 Å². The molecule has 0 aliphatic rings. The molecule has 0 N–H and O–H groups in total. The van der Waals surface area contributed by atoms with Gasteiger partial charge in [0.1, 0.15) is 0 Å². The molecule has 18 heavy (non-hydrogen) atoms. The van der Waals surface area contributed by atoms with E-state index in [0.29, 0.717) is 0 Å². The molecule has 0 atom stereocenters. The Morgan fingerprint density at radius 2 is 1.72 bits per heavy atom. The van der Waals surface area contributed by atoms with E-state index in [1.54, 1.807) is 5.19 Å². The molecule has 0 nitrogen and oxygen atoms in total. The Morgan fingerprint density at radius 1 is 1.11 bits per heavy atom. The van der Waals surface area contributed by atoms with Crippen molar-refractivity contribution in [2.75, 3.05) is 0 Å². The quantitative estimate of drug-likeness (QED) is 0.502. The van der Waals surface area contributed by atoms with Crippen molar-refractivity contribution >= 4 is 13.3 Å². The van der Waals surface area contributed by atoms with E-state index in [9.17, 15) is 0 Å². The van der Waals surface area contributed by atoms with Gasteiger partial charge < -0.3 is 0 Å². The molecule has 0 aromatic heterocycles. The molecule has 0 saturated carbocycles. The summed E-state index contributed by atoms with van der Waals surface area (Å²) in [5, 5.41) is 1.55. The lowest BCUT2D eigenvalue weighted by molar-refractivity contribution is 0.925. The SMILES string of the molecule is C=C(C)CC/C(C)=C\C[Si](C)(C)c1ccccc1. The molecule has 0 saturated heterocycles. The van der Waals surface area contributed by atoms with Crippen molar-refractivity contribution < 1.29 is 0 Å². The molecule has 0 radical (unpaired) electrons. The molecule has 0 aliphatic carbocycles. The maximum Gasteiger partial charge on any atom is 0.0843 e. The van der Waals surface area contributed by atoms with Gasteiger partial charge >= 0.3 is 0 Å². The Kier molecular flexibility index (Phi) is 5.61. The van der Waals surface area contributed by atoms with Crippen LogP contribution in [0.25, 0.3) is 0 Å². The van der Waals surface area contributed by atoms with Crippen LogP contribution in [0, 0.1) is 0 Å². The van der Waals surface area contributed by atoms with Crippen molar-refractivity contribution in [3.63, 3.8) is 0 Å². The monoisotopic (exact) mass is 258 g/mol. The molecular weight excluding hydrogens is 232 g/mol. The van der Waals surface area contributed by atoms with Crippen LogP contribution < -0.4 is 5.19 Å². The summed E-state index contributed by atoms with van der Waals surface area (Å²) >= 11 is 0. The average Bonchev–Trinajstić information content (AvgIpc) is 2.35. The van der Waals surface area contributed by atoms with E-state index in [1.165, 1.54) is 17.2 Å². The van der Waals surface area contributed by atoms with Crippen LogP contribution in [0.5, 0.6) is 0 Å². The zero-order chi connectivity index (χ0) is 13.6. The Morgan fingerprint density at radius 3 is 2.28 bits per heavy atom. The molecule has 0 aliphatic heterocycles. The fraction of sp³-hybridized carbons (Fsp3) is 0.412. The minimum Gasteiger partial charge on any atom is -0.100 e. The topological polar surface area (TPSA) is 0 Å². The van der Waals surface area contributed by atoms with Gasteiger partial charge in [-0.3, -0.25) is 0 Å². The predicted molar refractivity (Wildman–Crippen MR) is 86.2 cm³/mol. The second-order valence-corrected chi connectivity index (χ2v) is 10.7. The van der Waals surface area contributed by atoms with Gasteiger partial charge in [-0.05, 0) is 32.7 Å². The third kappa shape index (κ3) is 5.05. The fourth-order valence-electron chi connectivity index (χ4n) is 1.95. The molecule has 1 aromatic rings. The van der Waals surface area contributed by atoms with E-state index in [-0.39, 0.29) is 0 Å². The zero-order valence-corrected chi connectivity index (χ0v) is 13.3. The van der Waals surface area contributed by atoms with Crippen LogP contribution >= 0.6 is 0 Å². The molecule has 1 heteroatoms. The predicted octanol–water partition coefficient (Wildman–Crippen LogP) is 4.90. The van der Waals surface area contributed by atoms with Crippen LogP contribution in [0.2, 0.25) is 19.1 Å². The van der Waals surface area contributed by atoms with Crippen molar-refractivity contribution in [1.29, 1.82) is 0 Å². The number of benzene rings is 1. The van der Waals surface area contributed by atoms with E-state index < -0.39 is 8.07 Å². The van der Waals surface area contributed by atoms with Crippen molar-refractivity contribution in [2.24, 2.45) is 0 Å². The second kappa shape index (κ2) is 6.74. The van der Waals surface area contributed by atoms with Gasteiger partial charge in [-0.15, -0.1) is 6.58 Å². The van der Waals surface area contributed by atoms with Gasteiger partial charge in [-0.25, -0.2) is 0 Å². The highest BCUT2D eigenvalue weighted by molar-refractivity contribution is 6.90. The van der Waals surface area contributed by atoms with Crippen molar-refractivity contribution in [1.82, 2.24) is 0 Å². The minimum atomic E-state index is -1.30. The molecule has 0 fully saturated rings. The van der Waals surface area contributed by atoms with Crippen molar-refractivity contribution in [3.8, 4) is 0 Å². The van der Waals surface area contributed by atoms with E-state index in [2.05, 4.69) is 69.9 Å². The molecule has 0 spiro atoms. The van der Waals surface area contributed by atoms with Gasteiger partial charge in [-0.2, -0.15) is 0 Å². The maximum absolute atomic E-state index is 3.97. The standard InChI is InChI=1S/C17H26Si/c1-15(2)11-12-16(3)13-14-18(4,5)17-9-7-6-8-10-17/h6-10,13H,1,11-12,14H2,2-5H3/b16-13-. The van der Waals surface area contributed by atoms with Crippen molar-refractivity contribution in [2.45, 2.75) is 45.8 Å². The molecular formula is C17H26Si. The lowest BCUT2D eigenvalue weighted by atomic mass is 10.1. The molecule has 0 unspecified atom stereocenters. The van der Waals surface area contributed by atoms with Crippen LogP contribution in [0.3, 0.4) is 0 Å². The lowest BCUT2D eigenvalue weighted by Gasteiger charge is -2.21. The molecule has 1 rings (SSSR count). The highest BCUT2D eigenvalue weighted by Gasteiger charge is 2.21. The Balaban J connectivity index is 2.61. The largest absolute Gasteiger partial charge is 0.100 e. The third-order valence-electron chi connectivity index (χ3n) is 3.46. The lowest BCUT2D eigenvalue weighted by Crippen LogP contribution is -2.40. The second-order valence-electron chi connectivity index (χ2n) is 5.96. The highest BCUT2D eigenvalue weighted by atomic mass is 28.3. The van der Waals surface area contributed by atoms with E-state index in [1.807, 2.05) is 0 Å². The summed E-state index contributed by atoms with van der Waals surface area (Å²) in [5.74, 6) is 0. The van der Waals surface area contributed by atoms with Gasteiger partial charge in [0.2, 0.25) is 0 Å². The first kappa shape index (κ1) is 15.0. The normalized spacial score (nSPS) is 12.6. The van der Waals surface area contributed by atoms with Gasteiger partial charge in [0.25, 0.3) is 0 Å². The smallest absolute Gasteiger partial charge is 0.0843 e. The molecule has 0 heterocycles. The molecule has 0 amide bonds. The maximum atomic E-state index is 3.97. The van der Waals surface area contributed by atoms with E-state index in [4.69, 9.17) is 0 Å². The zero-order valence-electron chi connectivity index (χ0n) is 12.3. The number of hydrogen-bond acceptors (Lipinski definition) is 0. The van der Waals surface area contributed by atoms with Crippen molar-refractivity contribution in [3.05, 3.63) is 54.1 Å². The fourth-order valence-corrected chi connectivity index (χ4v) is 4.14. The Bertz CT molecular complexity index is 412. The molecule has 1 aromatic carbocycles. The first-order valence-corrected chi connectivity index (χ1v) is 9.98. The first-order chi connectivity index (χ1) is 8.42. The summed E-state index contributed by atoms with van der Waals surface area (Å²) in [6.45, 7) is 13.2. The Hall–Kier alpha value is -1.08. The summed E-state index contributed by atoms with van der Waals surface area (Å²) in [7, 11) is -1.30. The Labute approximate surface area is 113 Å². The minimum absolute atomic E-state index is 1.12. The number of hydrogen-bond donors (Lipinski definition) is 0. The van der Waals surface area contributed by atoms with Gasteiger partial charge in [0.15, 0.2) is 0 Å². The van der Waals surface area contributed by atoms with Crippen LogP contribution in [-0.4, -0.2) is 8.07 Å². The first-order valence-electron chi connectivity index (χ1n) is 6.77.